The number of aromatic nitrogens is 1. The van der Waals surface area contributed by atoms with Crippen LogP contribution < -0.4 is 20.7 Å². The Labute approximate surface area is 226 Å². The van der Waals surface area contributed by atoms with E-state index < -0.39 is 23.9 Å². The van der Waals surface area contributed by atoms with Crippen molar-refractivity contribution >= 4 is 35.2 Å². The predicted molar refractivity (Wildman–Crippen MR) is 147 cm³/mol. The van der Waals surface area contributed by atoms with E-state index in [0.717, 1.165) is 11.1 Å². The lowest BCUT2D eigenvalue weighted by Crippen LogP contribution is -2.42. The highest BCUT2D eigenvalue weighted by atomic mass is 16.5. The summed E-state index contributed by atoms with van der Waals surface area (Å²) in [6, 6.07) is 12.9. The zero-order valence-corrected chi connectivity index (χ0v) is 22.4. The van der Waals surface area contributed by atoms with Gasteiger partial charge in [-0.05, 0) is 47.9 Å². The molecule has 0 spiro atoms. The number of amides is 4. The zero-order valence-electron chi connectivity index (χ0n) is 22.4. The molecule has 1 atom stereocenters. The van der Waals surface area contributed by atoms with Crippen molar-refractivity contribution in [2.45, 2.75) is 39.4 Å². The third-order valence-corrected chi connectivity index (χ3v) is 5.99. The Morgan fingerprint density at radius 1 is 1.03 bits per heavy atom. The summed E-state index contributed by atoms with van der Waals surface area (Å²) in [6.07, 6.45) is 3.57. The average Bonchev–Trinajstić information content (AvgIpc) is 3.32. The van der Waals surface area contributed by atoms with Gasteiger partial charge in [0.2, 0.25) is 11.8 Å². The summed E-state index contributed by atoms with van der Waals surface area (Å²) in [6.45, 7) is 3.55. The number of aryl methyl sites for hydroxylation is 1. The van der Waals surface area contributed by atoms with Gasteiger partial charge in [-0.1, -0.05) is 24.3 Å². The van der Waals surface area contributed by atoms with Gasteiger partial charge in [0, 0.05) is 38.6 Å². The van der Waals surface area contributed by atoms with Crippen molar-refractivity contribution in [1.82, 2.24) is 14.8 Å². The Bertz CT molecular complexity index is 1350. The molecule has 3 aromatic rings. The first-order valence-corrected chi connectivity index (χ1v) is 12.2. The summed E-state index contributed by atoms with van der Waals surface area (Å²) < 4.78 is 7.10. The van der Waals surface area contributed by atoms with Crippen LogP contribution in [0.4, 0.5) is 16.2 Å². The van der Waals surface area contributed by atoms with Crippen molar-refractivity contribution < 1.29 is 29.0 Å². The number of aliphatic carboxylic acids is 1. The maximum Gasteiger partial charge on any atom is 0.328 e. The van der Waals surface area contributed by atoms with Crippen LogP contribution >= 0.6 is 0 Å². The van der Waals surface area contributed by atoms with Crippen LogP contribution in [0.15, 0.2) is 60.9 Å². The number of para-hydroxylation sites is 1. The number of anilines is 2. The molecule has 0 fully saturated rings. The maximum atomic E-state index is 12.9. The Hall–Kier alpha value is -4.80. The Balaban J connectivity index is 1.58. The second-order valence-electron chi connectivity index (χ2n) is 9.16. The van der Waals surface area contributed by atoms with Crippen molar-refractivity contribution in [1.29, 1.82) is 0 Å². The number of ether oxygens (including phenoxy) is 1. The van der Waals surface area contributed by atoms with Crippen LogP contribution in [-0.4, -0.2) is 58.6 Å². The summed E-state index contributed by atoms with van der Waals surface area (Å²) >= 11 is 0. The SMILES string of the molecule is COc1cc(CC(=O)N(C)Cc2ccn(CC(NC(C)=O)C(=O)O)c2)ccc1NC(=O)Nc1ccccc1C. The van der Waals surface area contributed by atoms with Crippen molar-refractivity contribution in [2.75, 3.05) is 24.8 Å². The minimum absolute atomic E-state index is 0.0652. The number of rotatable bonds is 11. The van der Waals surface area contributed by atoms with E-state index >= 15 is 0 Å². The Morgan fingerprint density at radius 2 is 1.74 bits per heavy atom. The van der Waals surface area contributed by atoms with Gasteiger partial charge in [-0.2, -0.15) is 0 Å². The molecule has 1 heterocycles. The average molecular weight is 536 g/mol. The molecule has 0 aliphatic rings. The maximum absolute atomic E-state index is 12.9. The highest BCUT2D eigenvalue weighted by Crippen LogP contribution is 2.26. The summed E-state index contributed by atoms with van der Waals surface area (Å²) in [5, 5.41) is 17.3. The predicted octanol–water partition coefficient (Wildman–Crippen LogP) is 3.24. The van der Waals surface area contributed by atoms with Gasteiger partial charge >= 0.3 is 12.0 Å². The van der Waals surface area contributed by atoms with Crippen molar-refractivity contribution in [3.05, 3.63) is 77.6 Å². The minimum atomic E-state index is -1.13. The standard InChI is InChI=1S/C28H33N5O6/c1-18-7-5-6-8-22(18)30-28(38)31-23-10-9-20(13-25(23)39-4)14-26(35)32(3)15-21-11-12-33(16-21)17-24(27(36)37)29-19(2)34/h5-13,16,24H,14-15,17H2,1-4H3,(H,29,34)(H,36,37)(H2,30,31,38). The molecular formula is C28H33N5O6. The molecule has 4 N–H and O–H groups in total. The van der Waals surface area contributed by atoms with Gasteiger partial charge in [0.1, 0.15) is 11.8 Å². The van der Waals surface area contributed by atoms with E-state index in [4.69, 9.17) is 4.74 Å². The number of likely N-dealkylation sites (N-methyl/N-ethyl adjacent to an activating group) is 1. The van der Waals surface area contributed by atoms with Crippen molar-refractivity contribution in [2.24, 2.45) is 0 Å². The van der Waals surface area contributed by atoms with Gasteiger partial charge in [-0.3, -0.25) is 9.59 Å². The molecule has 0 aliphatic carbocycles. The van der Waals surface area contributed by atoms with Crippen LogP contribution in [0.5, 0.6) is 5.75 Å². The second-order valence-corrected chi connectivity index (χ2v) is 9.16. The molecule has 206 valence electrons. The number of benzene rings is 2. The summed E-state index contributed by atoms with van der Waals surface area (Å²) in [5.74, 6) is -1.26. The lowest BCUT2D eigenvalue weighted by molar-refractivity contribution is -0.141. The van der Waals surface area contributed by atoms with Gasteiger partial charge in [0.05, 0.1) is 25.8 Å². The second kappa shape index (κ2) is 13.1. The first kappa shape index (κ1) is 28.8. The normalized spacial score (nSPS) is 11.3. The monoisotopic (exact) mass is 535 g/mol. The quantitative estimate of drug-likeness (QED) is 0.297. The van der Waals surface area contributed by atoms with Gasteiger partial charge in [-0.15, -0.1) is 0 Å². The molecule has 0 saturated heterocycles. The fraction of sp³-hybridized carbons (Fsp3) is 0.286. The number of nitrogens with one attached hydrogen (secondary N) is 3. The lowest BCUT2D eigenvalue weighted by Gasteiger charge is -2.18. The first-order valence-electron chi connectivity index (χ1n) is 12.2. The van der Waals surface area contributed by atoms with Gasteiger partial charge in [0.25, 0.3) is 0 Å². The number of carbonyl (C=O) groups excluding carboxylic acids is 3. The molecule has 0 radical (unpaired) electrons. The molecule has 11 heteroatoms. The van der Waals surface area contributed by atoms with Gasteiger partial charge < -0.3 is 35.3 Å². The molecule has 3 rings (SSSR count). The fourth-order valence-electron chi connectivity index (χ4n) is 3.95. The smallest absolute Gasteiger partial charge is 0.328 e. The zero-order chi connectivity index (χ0) is 28.5. The fourth-order valence-corrected chi connectivity index (χ4v) is 3.95. The number of carbonyl (C=O) groups is 4. The van der Waals surface area contributed by atoms with Crippen LogP contribution in [0, 0.1) is 6.92 Å². The van der Waals surface area contributed by atoms with E-state index in [1.807, 2.05) is 31.2 Å². The molecular weight excluding hydrogens is 502 g/mol. The highest BCUT2D eigenvalue weighted by Gasteiger charge is 2.19. The number of hydrogen-bond acceptors (Lipinski definition) is 5. The van der Waals surface area contributed by atoms with Gasteiger partial charge in [0.15, 0.2) is 0 Å². The first-order chi connectivity index (χ1) is 18.5. The van der Waals surface area contributed by atoms with Crippen molar-refractivity contribution in [3.63, 3.8) is 0 Å². The molecule has 1 aromatic heterocycles. The Kier molecular flexibility index (Phi) is 9.69. The van der Waals surface area contributed by atoms with Crippen LogP contribution in [-0.2, 0) is 33.9 Å². The summed E-state index contributed by atoms with van der Waals surface area (Å²) in [7, 11) is 3.17. The van der Waals surface area contributed by atoms with E-state index in [1.165, 1.54) is 14.0 Å². The van der Waals surface area contributed by atoms with E-state index in [-0.39, 0.29) is 18.9 Å². The molecule has 1 unspecified atom stereocenters. The van der Waals surface area contributed by atoms with Gasteiger partial charge in [-0.25, -0.2) is 9.59 Å². The highest BCUT2D eigenvalue weighted by molar-refractivity contribution is 6.01. The van der Waals surface area contributed by atoms with E-state index in [9.17, 15) is 24.3 Å². The van der Waals surface area contributed by atoms with Crippen LogP contribution in [0.2, 0.25) is 0 Å². The number of methoxy groups -OCH3 is 1. The van der Waals surface area contributed by atoms with E-state index in [0.29, 0.717) is 29.2 Å². The molecule has 0 bridgehead atoms. The molecule has 39 heavy (non-hydrogen) atoms. The summed E-state index contributed by atoms with van der Waals surface area (Å²) in [4.78, 5) is 49.6. The molecule has 4 amide bonds. The molecule has 0 aliphatic heterocycles. The van der Waals surface area contributed by atoms with Crippen LogP contribution in [0.1, 0.15) is 23.6 Å². The number of carboxylic acids is 1. The number of nitrogens with zero attached hydrogens (tertiary/aromatic N) is 2. The van der Waals surface area contributed by atoms with Crippen LogP contribution in [0.25, 0.3) is 0 Å². The number of urea groups is 1. The molecule has 11 nitrogen and oxygen atoms in total. The van der Waals surface area contributed by atoms with Crippen LogP contribution in [0.3, 0.4) is 0 Å². The Morgan fingerprint density at radius 3 is 2.41 bits per heavy atom. The van der Waals surface area contributed by atoms with E-state index in [1.54, 1.807) is 53.2 Å². The number of hydrogen-bond donors (Lipinski definition) is 4. The third kappa shape index (κ3) is 8.35. The lowest BCUT2D eigenvalue weighted by atomic mass is 10.1. The summed E-state index contributed by atoms with van der Waals surface area (Å²) in [5.41, 5.74) is 3.63. The van der Waals surface area contributed by atoms with E-state index in [2.05, 4.69) is 16.0 Å². The molecule has 2 aromatic carbocycles. The van der Waals surface area contributed by atoms with Crippen molar-refractivity contribution in [3.8, 4) is 5.75 Å². The molecule has 0 saturated carbocycles. The topological polar surface area (TPSA) is 142 Å². The third-order valence-electron chi connectivity index (χ3n) is 5.99. The minimum Gasteiger partial charge on any atom is -0.495 e. The number of carboxylic acid groups (broad SMARTS) is 1. The largest absolute Gasteiger partial charge is 0.495 e.